The standard InChI is InChI=1S/C37H44ClN3O5S/c1-24(21-47-36-39-14-4-15-40-36)46-29-12-16-44-34(19-29)30-9-6-27(30)20-41-22-37(13-3-5-25-17-28(38)8-10-31(25)37)23-45-33-11-7-26(18-32(33)41)35(42)43-2/h4,7-8,10-11,14-15,17-18,24,27,29-30,34H,3,5-6,9,12-13,16,19-23H2,1-2H3/t24-,27-,29-,30+,34-,37-/m0/s1. The molecule has 8 nitrogen and oxygen atoms in total. The van der Waals surface area contributed by atoms with Crippen LogP contribution in [0, 0.1) is 11.8 Å². The summed E-state index contributed by atoms with van der Waals surface area (Å²) in [6.45, 7) is 5.16. The molecule has 0 N–H and O–H groups in total. The smallest absolute Gasteiger partial charge is 0.337 e. The Morgan fingerprint density at radius 2 is 2.04 bits per heavy atom. The molecule has 1 aromatic heterocycles. The van der Waals surface area contributed by atoms with Crippen LogP contribution in [-0.4, -0.2) is 73.4 Å². The first kappa shape index (κ1) is 32.7. The largest absolute Gasteiger partial charge is 0.490 e. The van der Waals surface area contributed by atoms with Crippen LogP contribution in [0.15, 0.2) is 60.0 Å². The highest BCUT2D eigenvalue weighted by Gasteiger charge is 2.45. The highest BCUT2D eigenvalue weighted by Crippen LogP contribution is 2.47. The molecule has 6 atom stereocenters. The summed E-state index contributed by atoms with van der Waals surface area (Å²) in [5, 5.41) is 1.57. The second-order valence-electron chi connectivity index (χ2n) is 13.6. The molecule has 2 aliphatic carbocycles. The van der Waals surface area contributed by atoms with E-state index in [1.165, 1.54) is 18.2 Å². The molecule has 3 aromatic rings. The molecule has 0 bridgehead atoms. The summed E-state index contributed by atoms with van der Waals surface area (Å²) in [5.41, 5.74) is 4.00. The van der Waals surface area contributed by atoms with Gasteiger partial charge in [0.25, 0.3) is 0 Å². The van der Waals surface area contributed by atoms with E-state index in [2.05, 4.69) is 33.9 Å². The van der Waals surface area contributed by atoms with Gasteiger partial charge in [-0.25, -0.2) is 14.8 Å². The van der Waals surface area contributed by atoms with Crippen molar-refractivity contribution in [2.75, 3.05) is 44.1 Å². The Bertz CT molecular complexity index is 1560. The minimum Gasteiger partial charge on any atom is -0.490 e. The lowest BCUT2D eigenvalue weighted by Crippen LogP contribution is -2.51. The Morgan fingerprint density at radius 1 is 1.17 bits per heavy atom. The van der Waals surface area contributed by atoms with Crippen LogP contribution in [0.1, 0.15) is 66.9 Å². The summed E-state index contributed by atoms with van der Waals surface area (Å²) in [5.74, 6) is 2.24. The zero-order valence-corrected chi connectivity index (χ0v) is 28.8. The Hall–Kier alpha value is -2.85. The fourth-order valence-electron chi connectivity index (χ4n) is 8.09. The lowest BCUT2D eigenvalue weighted by molar-refractivity contribution is -0.126. The lowest BCUT2D eigenvalue weighted by Gasteiger charge is -2.48. The number of aryl methyl sites for hydroxylation is 1. The number of benzene rings is 2. The summed E-state index contributed by atoms with van der Waals surface area (Å²) in [6.07, 6.45) is 11.3. The molecule has 2 aliphatic heterocycles. The van der Waals surface area contributed by atoms with Crippen molar-refractivity contribution in [1.29, 1.82) is 0 Å². The number of methoxy groups -OCH3 is 1. The van der Waals surface area contributed by atoms with Crippen molar-refractivity contribution in [1.82, 2.24) is 9.97 Å². The van der Waals surface area contributed by atoms with Crippen molar-refractivity contribution in [3.8, 4) is 5.75 Å². The number of nitrogens with zero attached hydrogens (tertiary/aromatic N) is 3. The summed E-state index contributed by atoms with van der Waals surface area (Å²) in [6, 6.07) is 13.9. The van der Waals surface area contributed by atoms with Crippen LogP contribution in [0.3, 0.4) is 0 Å². The van der Waals surface area contributed by atoms with Gasteiger partial charge in [0.05, 0.1) is 43.3 Å². The van der Waals surface area contributed by atoms with Gasteiger partial charge in [-0.3, -0.25) is 0 Å². The van der Waals surface area contributed by atoms with Gasteiger partial charge in [0.15, 0.2) is 5.16 Å². The zero-order valence-electron chi connectivity index (χ0n) is 27.2. The van der Waals surface area contributed by atoms with Crippen molar-refractivity contribution in [2.24, 2.45) is 11.8 Å². The van der Waals surface area contributed by atoms with Crippen molar-refractivity contribution in [3.63, 3.8) is 0 Å². The summed E-state index contributed by atoms with van der Waals surface area (Å²) in [7, 11) is 1.43. The van der Waals surface area contributed by atoms with Gasteiger partial charge in [-0.05, 0) is 105 Å². The van der Waals surface area contributed by atoms with E-state index in [-0.39, 0.29) is 29.7 Å². The highest BCUT2D eigenvalue weighted by molar-refractivity contribution is 7.99. The first-order chi connectivity index (χ1) is 22.9. The predicted octanol–water partition coefficient (Wildman–Crippen LogP) is 7.16. The highest BCUT2D eigenvalue weighted by atomic mass is 35.5. The molecule has 0 radical (unpaired) electrons. The van der Waals surface area contributed by atoms with E-state index in [0.717, 1.165) is 92.0 Å². The van der Waals surface area contributed by atoms with Crippen LogP contribution in [0.5, 0.6) is 5.75 Å². The first-order valence-corrected chi connectivity index (χ1v) is 18.3. The van der Waals surface area contributed by atoms with Gasteiger partial charge in [0.2, 0.25) is 0 Å². The van der Waals surface area contributed by atoms with Crippen LogP contribution in [0.25, 0.3) is 0 Å². The van der Waals surface area contributed by atoms with Crippen LogP contribution < -0.4 is 9.64 Å². The molecule has 1 saturated heterocycles. The minimum absolute atomic E-state index is 0.104. The molecule has 4 aliphatic rings. The minimum atomic E-state index is -0.337. The molecule has 2 aromatic carbocycles. The number of aromatic nitrogens is 2. The van der Waals surface area contributed by atoms with Gasteiger partial charge in [-0.15, -0.1) is 0 Å². The van der Waals surface area contributed by atoms with Crippen molar-refractivity contribution in [2.45, 2.75) is 80.8 Å². The third-order valence-corrected chi connectivity index (χ3v) is 11.9. The monoisotopic (exact) mass is 677 g/mol. The molecule has 7 rings (SSSR count). The maximum Gasteiger partial charge on any atom is 0.337 e. The quantitative estimate of drug-likeness (QED) is 0.133. The van der Waals surface area contributed by atoms with Gasteiger partial charge in [0, 0.05) is 54.7 Å². The third kappa shape index (κ3) is 7.14. The molecule has 1 saturated carbocycles. The molecule has 10 heteroatoms. The molecule has 3 heterocycles. The van der Waals surface area contributed by atoms with Gasteiger partial charge in [-0.2, -0.15) is 0 Å². The number of hydrogen-bond donors (Lipinski definition) is 0. The normalized spacial score (nSPS) is 27.5. The fraction of sp³-hybridized carbons (Fsp3) is 0.541. The van der Waals surface area contributed by atoms with E-state index >= 15 is 0 Å². The Morgan fingerprint density at radius 3 is 2.85 bits per heavy atom. The number of fused-ring (bicyclic) bond motifs is 3. The van der Waals surface area contributed by atoms with E-state index in [9.17, 15) is 4.79 Å². The Labute approximate surface area is 286 Å². The van der Waals surface area contributed by atoms with E-state index in [4.69, 9.17) is 30.5 Å². The second kappa shape index (κ2) is 14.3. The maximum absolute atomic E-state index is 12.6. The van der Waals surface area contributed by atoms with Crippen LogP contribution in [-0.2, 0) is 26.0 Å². The zero-order chi connectivity index (χ0) is 32.4. The summed E-state index contributed by atoms with van der Waals surface area (Å²) < 4.78 is 24.7. The number of thioether (sulfide) groups is 1. The number of esters is 1. The van der Waals surface area contributed by atoms with E-state index < -0.39 is 0 Å². The molecule has 47 heavy (non-hydrogen) atoms. The van der Waals surface area contributed by atoms with Crippen LogP contribution in [0.2, 0.25) is 5.02 Å². The van der Waals surface area contributed by atoms with E-state index in [1.54, 1.807) is 24.2 Å². The lowest BCUT2D eigenvalue weighted by atomic mass is 9.67. The van der Waals surface area contributed by atoms with Crippen molar-refractivity contribution >= 4 is 35.0 Å². The topological polar surface area (TPSA) is 83.0 Å². The number of anilines is 1. The number of halogens is 1. The number of hydrogen-bond acceptors (Lipinski definition) is 9. The van der Waals surface area contributed by atoms with Gasteiger partial charge < -0.3 is 23.8 Å². The Kier molecular flexibility index (Phi) is 9.96. The maximum atomic E-state index is 12.6. The SMILES string of the molecule is COC(=O)c1ccc2c(c1)N(C[C@@H]1CC[C@H]1[C@@H]1C[C@@H](O[C@@H](C)CSc3ncccn3)CCO1)C[C@@]1(CCCc3cc(Cl)ccc31)CO2. The molecule has 1 spiro atoms. The molecule has 0 unspecified atom stereocenters. The van der Waals surface area contributed by atoms with Crippen molar-refractivity contribution < 1.29 is 23.7 Å². The number of carbonyl (C=O) groups is 1. The van der Waals surface area contributed by atoms with Gasteiger partial charge in [0.1, 0.15) is 5.75 Å². The first-order valence-electron chi connectivity index (χ1n) is 17.0. The molecule has 0 amide bonds. The third-order valence-electron chi connectivity index (χ3n) is 10.5. The van der Waals surface area contributed by atoms with E-state index in [0.29, 0.717) is 24.0 Å². The number of carbonyl (C=O) groups excluding carboxylic acids is 1. The predicted molar refractivity (Wildman–Crippen MR) is 184 cm³/mol. The van der Waals surface area contributed by atoms with Crippen LogP contribution in [0.4, 0.5) is 5.69 Å². The summed E-state index contributed by atoms with van der Waals surface area (Å²) >= 11 is 8.09. The Balaban J connectivity index is 1.08. The second-order valence-corrected chi connectivity index (χ2v) is 15.0. The van der Waals surface area contributed by atoms with Crippen LogP contribution >= 0.6 is 23.4 Å². The average molecular weight is 678 g/mol. The molecular formula is C37H44ClN3O5S. The summed E-state index contributed by atoms with van der Waals surface area (Å²) in [4.78, 5) is 23.8. The number of ether oxygens (including phenoxy) is 4. The molecular weight excluding hydrogens is 634 g/mol. The van der Waals surface area contributed by atoms with Crippen molar-refractivity contribution in [3.05, 3.63) is 76.6 Å². The molecule has 250 valence electrons. The van der Waals surface area contributed by atoms with Gasteiger partial charge >= 0.3 is 5.97 Å². The fourth-order valence-corrected chi connectivity index (χ4v) is 9.02. The molecule has 2 fully saturated rings. The van der Waals surface area contributed by atoms with Gasteiger partial charge in [-0.1, -0.05) is 29.4 Å². The van der Waals surface area contributed by atoms with E-state index in [1.807, 2.05) is 30.3 Å². The average Bonchev–Trinajstić information content (AvgIpc) is 3.22. The number of rotatable bonds is 9.